The maximum absolute atomic E-state index is 6.03. The van der Waals surface area contributed by atoms with E-state index >= 15 is 0 Å². The number of rotatable bonds is 4. The molecule has 1 aliphatic rings. The second-order valence-electron chi connectivity index (χ2n) is 5.44. The summed E-state index contributed by atoms with van der Waals surface area (Å²) >= 11 is 3.69. The Morgan fingerprint density at radius 1 is 1.26 bits per heavy atom. The fraction of sp³-hybridized carbons (Fsp3) is 0.600. The van der Waals surface area contributed by atoms with Gasteiger partial charge < -0.3 is 15.5 Å². The highest BCUT2D eigenvalue weighted by Gasteiger charge is 2.15. The number of benzene rings is 1. The van der Waals surface area contributed by atoms with Crippen LogP contribution in [0.25, 0.3) is 0 Å². The van der Waals surface area contributed by atoms with Gasteiger partial charge in [0.1, 0.15) is 0 Å². The van der Waals surface area contributed by atoms with Gasteiger partial charge in [0.05, 0.1) is 0 Å². The van der Waals surface area contributed by atoms with E-state index in [1.54, 1.807) is 0 Å². The first-order valence-electron chi connectivity index (χ1n) is 7.07. The van der Waals surface area contributed by atoms with Gasteiger partial charge in [0, 0.05) is 42.4 Å². The molecule has 2 N–H and O–H groups in total. The number of nitrogens with two attached hydrogens (primary N) is 1. The van der Waals surface area contributed by atoms with Crippen LogP contribution in [-0.2, 0) is 6.42 Å². The minimum absolute atomic E-state index is 0.255. The van der Waals surface area contributed by atoms with E-state index in [2.05, 4.69) is 57.9 Å². The van der Waals surface area contributed by atoms with Crippen LogP contribution in [0.1, 0.15) is 18.9 Å². The Bertz CT molecular complexity index is 414. The van der Waals surface area contributed by atoms with Gasteiger partial charge in [0.2, 0.25) is 0 Å². The summed E-state index contributed by atoms with van der Waals surface area (Å²) in [5, 5.41) is 0. The third-order valence-corrected chi connectivity index (χ3v) is 4.65. The van der Waals surface area contributed by atoms with E-state index in [4.69, 9.17) is 5.73 Å². The van der Waals surface area contributed by atoms with Crippen LogP contribution in [0.5, 0.6) is 0 Å². The molecule has 4 heteroatoms. The average Bonchev–Trinajstić information content (AvgIpc) is 2.41. The largest absolute Gasteiger partial charge is 0.369 e. The molecule has 1 aromatic rings. The van der Waals surface area contributed by atoms with Crippen LogP contribution >= 0.6 is 15.9 Å². The van der Waals surface area contributed by atoms with Gasteiger partial charge in [-0.05, 0) is 37.6 Å². The van der Waals surface area contributed by atoms with Crippen molar-refractivity contribution in [3.8, 4) is 0 Å². The lowest BCUT2D eigenvalue weighted by Crippen LogP contribution is -2.44. The monoisotopic (exact) mass is 325 g/mol. The van der Waals surface area contributed by atoms with Gasteiger partial charge >= 0.3 is 0 Å². The van der Waals surface area contributed by atoms with Gasteiger partial charge in [-0.1, -0.05) is 28.9 Å². The molecule has 19 heavy (non-hydrogen) atoms. The van der Waals surface area contributed by atoms with Gasteiger partial charge in [-0.15, -0.1) is 0 Å². The molecular formula is C15H24BrN3. The standard InChI is InChI=1S/C15H24BrN3/c1-3-13(17)10-12-4-5-14(11-15(12)16)19-8-6-18(2)7-9-19/h4-5,11,13H,3,6-10,17H2,1-2H3. The summed E-state index contributed by atoms with van der Waals surface area (Å²) in [6, 6.07) is 6.94. The summed E-state index contributed by atoms with van der Waals surface area (Å²) in [6.07, 6.45) is 1.97. The molecular weight excluding hydrogens is 302 g/mol. The lowest BCUT2D eigenvalue weighted by atomic mass is 10.0. The van der Waals surface area contributed by atoms with Gasteiger partial charge in [0.25, 0.3) is 0 Å². The van der Waals surface area contributed by atoms with E-state index in [0.717, 1.165) is 39.0 Å². The zero-order valence-electron chi connectivity index (χ0n) is 11.9. The van der Waals surface area contributed by atoms with Crippen molar-refractivity contribution in [2.24, 2.45) is 5.73 Å². The Hall–Kier alpha value is -0.580. The Kier molecular flexibility index (Phi) is 5.25. The third-order valence-electron chi connectivity index (χ3n) is 3.91. The number of nitrogens with zero attached hydrogens (tertiary/aromatic N) is 2. The summed E-state index contributed by atoms with van der Waals surface area (Å²) in [4.78, 5) is 4.83. The lowest BCUT2D eigenvalue weighted by molar-refractivity contribution is 0.313. The summed E-state index contributed by atoms with van der Waals surface area (Å²) in [5.74, 6) is 0. The predicted molar refractivity (Wildman–Crippen MR) is 85.8 cm³/mol. The molecule has 0 saturated carbocycles. The van der Waals surface area contributed by atoms with Gasteiger partial charge in [-0.2, -0.15) is 0 Å². The van der Waals surface area contributed by atoms with Crippen molar-refractivity contribution in [2.75, 3.05) is 38.1 Å². The Morgan fingerprint density at radius 3 is 2.53 bits per heavy atom. The Balaban J connectivity index is 2.06. The van der Waals surface area contributed by atoms with Crippen LogP contribution in [0.15, 0.2) is 22.7 Å². The molecule has 0 aliphatic carbocycles. The molecule has 1 atom stereocenters. The Morgan fingerprint density at radius 2 is 1.95 bits per heavy atom. The van der Waals surface area contributed by atoms with Gasteiger partial charge in [-0.25, -0.2) is 0 Å². The topological polar surface area (TPSA) is 32.5 Å². The highest BCUT2D eigenvalue weighted by atomic mass is 79.9. The molecule has 106 valence electrons. The van der Waals surface area contributed by atoms with Crippen LogP contribution < -0.4 is 10.6 Å². The first kappa shape index (κ1) is 14.8. The van der Waals surface area contributed by atoms with E-state index < -0.39 is 0 Å². The van der Waals surface area contributed by atoms with E-state index in [9.17, 15) is 0 Å². The van der Waals surface area contributed by atoms with E-state index in [1.165, 1.54) is 15.7 Å². The smallest absolute Gasteiger partial charge is 0.0378 e. The summed E-state index contributed by atoms with van der Waals surface area (Å²) in [6.45, 7) is 6.63. The number of halogens is 1. The number of piperazine rings is 1. The normalized spacial score (nSPS) is 18.6. The molecule has 1 aliphatic heterocycles. The van der Waals surface area contributed by atoms with Crippen LogP contribution in [0.3, 0.4) is 0 Å². The molecule has 1 saturated heterocycles. The van der Waals surface area contributed by atoms with Crippen LogP contribution in [0.2, 0.25) is 0 Å². The third kappa shape index (κ3) is 3.94. The molecule has 0 radical (unpaired) electrons. The van der Waals surface area contributed by atoms with Crippen molar-refractivity contribution in [1.82, 2.24) is 4.90 Å². The predicted octanol–water partition coefficient (Wildman–Crippen LogP) is 2.48. The van der Waals surface area contributed by atoms with E-state index in [0.29, 0.717) is 0 Å². The van der Waals surface area contributed by atoms with Crippen molar-refractivity contribution >= 4 is 21.6 Å². The lowest BCUT2D eigenvalue weighted by Gasteiger charge is -2.34. The highest BCUT2D eigenvalue weighted by Crippen LogP contribution is 2.26. The number of likely N-dealkylation sites (N-methyl/N-ethyl adjacent to an activating group) is 1. The first-order chi connectivity index (χ1) is 9.10. The zero-order chi connectivity index (χ0) is 13.8. The van der Waals surface area contributed by atoms with Crippen molar-refractivity contribution in [1.29, 1.82) is 0 Å². The molecule has 1 fully saturated rings. The molecule has 0 bridgehead atoms. The molecule has 1 aromatic carbocycles. The fourth-order valence-corrected chi connectivity index (χ4v) is 2.92. The van der Waals surface area contributed by atoms with E-state index in [-0.39, 0.29) is 6.04 Å². The average molecular weight is 326 g/mol. The molecule has 2 rings (SSSR count). The minimum Gasteiger partial charge on any atom is -0.369 e. The van der Waals surface area contributed by atoms with Crippen molar-refractivity contribution in [3.05, 3.63) is 28.2 Å². The van der Waals surface area contributed by atoms with Crippen LogP contribution in [0, 0.1) is 0 Å². The van der Waals surface area contributed by atoms with E-state index in [1.807, 2.05) is 0 Å². The Labute approximate surface area is 124 Å². The molecule has 0 spiro atoms. The van der Waals surface area contributed by atoms with Gasteiger partial charge in [0.15, 0.2) is 0 Å². The summed E-state index contributed by atoms with van der Waals surface area (Å²) in [7, 11) is 2.18. The van der Waals surface area contributed by atoms with Crippen molar-refractivity contribution in [2.45, 2.75) is 25.8 Å². The highest BCUT2D eigenvalue weighted by molar-refractivity contribution is 9.10. The van der Waals surface area contributed by atoms with Crippen LogP contribution in [0.4, 0.5) is 5.69 Å². The SMILES string of the molecule is CCC(N)Cc1ccc(N2CCN(C)CC2)cc1Br. The molecule has 0 aromatic heterocycles. The molecule has 1 unspecified atom stereocenters. The van der Waals surface area contributed by atoms with Crippen molar-refractivity contribution < 1.29 is 0 Å². The quantitative estimate of drug-likeness (QED) is 0.923. The zero-order valence-corrected chi connectivity index (χ0v) is 13.5. The molecule has 1 heterocycles. The number of hydrogen-bond acceptors (Lipinski definition) is 3. The second kappa shape index (κ2) is 6.73. The number of hydrogen-bond donors (Lipinski definition) is 1. The number of anilines is 1. The first-order valence-corrected chi connectivity index (χ1v) is 7.87. The van der Waals surface area contributed by atoms with Gasteiger partial charge in [-0.3, -0.25) is 0 Å². The van der Waals surface area contributed by atoms with Crippen molar-refractivity contribution in [3.63, 3.8) is 0 Å². The fourth-order valence-electron chi connectivity index (χ4n) is 2.39. The maximum Gasteiger partial charge on any atom is 0.0378 e. The summed E-state index contributed by atoms with van der Waals surface area (Å²) in [5.41, 5.74) is 8.66. The molecule has 0 amide bonds. The van der Waals surface area contributed by atoms with Crippen LogP contribution in [-0.4, -0.2) is 44.2 Å². The molecule has 3 nitrogen and oxygen atoms in total. The minimum atomic E-state index is 0.255. The second-order valence-corrected chi connectivity index (χ2v) is 6.29. The summed E-state index contributed by atoms with van der Waals surface area (Å²) < 4.78 is 1.19. The maximum atomic E-state index is 6.03.